The monoisotopic (exact) mass is 256 g/mol. The van der Waals surface area contributed by atoms with Crippen molar-refractivity contribution in [3.8, 4) is 0 Å². The Kier molecular flexibility index (Phi) is 4.59. The van der Waals surface area contributed by atoms with E-state index in [-0.39, 0.29) is 12.1 Å². The number of amides is 2. The molecule has 18 heavy (non-hydrogen) atoms. The van der Waals surface area contributed by atoms with E-state index in [1.807, 2.05) is 6.92 Å². The summed E-state index contributed by atoms with van der Waals surface area (Å²) in [5.74, 6) is -0.912. The fourth-order valence-electron chi connectivity index (χ4n) is 2.48. The molecule has 0 aromatic carbocycles. The van der Waals surface area contributed by atoms with Gasteiger partial charge in [-0.3, -0.25) is 0 Å². The number of rotatable bonds is 4. The van der Waals surface area contributed by atoms with Gasteiger partial charge < -0.3 is 14.9 Å². The predicted octanol–water partition coefficient (Wildman–Crippen LogP) is 2.17. The van der Waals surface area contributed by atoms with E-state index in [1.165, 1.54) is 4.90 Å². The number of urea groups is 1. The van der Waals surface area contributed by atoms with Gasteiger partial charge in [-0.25, -0.2) is 9.59 Å². The number of carboxylic acids is 1. The summed E-state index contributed by atoms with van der Waals surface area (Å²) in [5, 5.41) is 9.30. The molecule has 1 aliphatic heterocycles. The SMILES string of the molecule is CCCC(C)N(C)C(=O)N1CCCC1(C)C(=O)O. The molecule has 1 aliphatic rings. The molecule has 2 amide bonds. The number of hydrogen-bond donors (Lipinski definition) is 1. The van der Waals surface area contributed by atoms with Crippen LogP contribution in [0.15, 0.2) is 0 Å². The Hall–Kier alpha value is -1.26. The molecule has 5 heteroatoms. The largest absolute Gasteiger partial charge is 0.480 e. The van der Waals surface area contributed by atoms with Crippen LogP contribution in [0.3, 0.4) is 0 Å². The van der Waals surface area contributed by atoms with Crippen LogP contribution in [0.4, 0.5) is 4.79 Å². The lowest BCUT2D eigenvalue weighted by atomic mass is 9.99. The van der Waals surface area contributed by atoms with Crippen molar-refractivity contribution in [2.24, 2.45) is 0 Å². The van der Waals surface area contributed by atoms with Crippen molar-refractivity contribution in [1.82, 2.24) is 9.80 Å². The van der Waals surface area contributed by atoms with E-state index in [2.05, 4.69) is 6.92 Å². The van der Waals surface area contributed by atoms with Gasteiger partial charge in [0.1, 0.15) is 5.54 Å². The molecule has 104 valence electrons. The van der Waals surface area contributed by atoms with Crippen molar-refractivity contribution in [1.29, 1.82) is 0 Å². The van der Waals surface area contributed by atoms with E-state index in [0.717, 1.165) is 19.3 Å². The number of carboxylic acid groups (broad SMARTS) is 1. The Balaban J connectivity index is 2.80. The lowest BCUT2D eigenvalue weighted by Gasteiger charge is -2.36. The van der Waals surface area contributed by atoms with Crippen LogP contribution in [0.1, 0.15) is 46.5 Å². The van der Waals surface area contributed by atoms with Crippen LogP contribution >= 0.6 is 0 Å². The minimum Gasteiger partial charge on any atom is -0.480 e. The minimum absolute atomic E-state index is 0.140. The first-order chi connectivity index (χ1) is 8.34. The summed E-state index contributed by atoms with van der Waals surface area (Å²) in [6.45, 7) is 6.24. The number of carbonyl (C=O) groups excluding carboxylic acids is 1. The maximum absolute atomic E-state index is 12.4. The Bertz CT molecular complexity index is 332. The summed E-state index contributed by atoms with van der Waals surface area (Å²) < 4.78 is 0. The highest BCUT2D eigenvalue weighted by atomic mass is 16.4. The summed E-state index contributed by atoms with van der Waals surface area (Å²) >= 11 is 0. The number of likely N-dealkylation sites (tertiary alicyclic amines) is 1. The molecule has 0 aromatic rings. The molecule has 2 unspecified atom stereocenters. The lowest BCUT2D eigenvalue weighted by molar-refractivity contribution is -0.147. The van der Waals surface area contributed by atoms with Gasteiger partial charge in [-0.15, -0.1) is 0 Å². The van der Waals surface area contributed by atoms with E-state index in [0.29, 0.717) is 13.0 Å². The Morgan fingerprint density at radius 3 is 2.61 bits per heavy atom. The van der Waals surface area contributed by atoms with E-state index in [9.17, 15) is 14.7 Å². The molecule has 1 fully saturated rings. The number of nitrogens with zero attached hydrogens (tertiary/aromatic N) is 2. The Labute approximate surface area is 109 Å². The fourth-order valence-corrected chi connectivity index (χ4v) is 2.48. The van der Waals surface area contributed by atoms with Gasteiger partial charge in [0.15, 0.2) is 0 Å². The minimum atomic E-state index is -1.04. The van der Waals surface area contributed by atoms with Crippen LogP contribution in [0.2, 0.25) is 0 Å². The summed E-state index contributed by atoms with van der Waals surface area (Å²) in [6.07, 6.45) is 3.23. The second-order valence-electron chi connectivity index (χ2n) is 5.37. The van der Waals surface area contributed by atoms with Gasteiger partial charge in [0.05, 0.1) is 0 Å². The zero-order chi connectivity index (χ0) is 13.9. The van der Waals surface area contributed by atoms with Crippen LogP contribution in [0.25, 0.3) is 0 Å². The number of aliphatic carboxylic acids is 1. The van der Waals surface area contributed by atoms with E-state index < -0.39 is 11.5 Å². The van der Waals surface area contributed by atoms with Gasteiger partial charge >= 0.3 is 12.0 Å². The first-order valence-electron chi connectivity index (χ1n) is 6.62. The third-order valence-electron chi connectivity index (χ3n) is 4.00. The van der Waals surface area contributed by atoms with E-state index in [1.54, 1.807) is 18.9 Å². The second kappa shape index (κ2) is 5.59. The number of carbonyl (C=O) groups is 2. The standard InChI is InChI=1S/C13H24N2O3/c1-5-7-10(2)14(4)12(18)15-9-6-8-13(15,3)11(16)17/h10H,5-9H2,1-4H3,(H,16,17). The van der Waals surface area contributed by atoms with Crippen molar-refractivity contribution in [2.75, 3.05) is 13.6 Å². The average Bonchev–Trinajstić information content (AvgIpc) is 2.71. The third kappa shape index (κ3) is 2.60. The lowest BCUT2D eigenvalue weighted by Crippen LogP contribution is -2.55. The van der Waals surface area contributed by atoms with Crippen molar-refractivity contribution >= 4 is 12.0 Å². The first kappa shape index (κ1) is 14.8. The van der Waals surface area contributed by atoms with Crippen LogP contribution in [-0.2, 0) is 4.79 Å². The van der Waals surface area contributed by atoms with E-state index in [4.69, 9.17) is 0 Å². The molecule has 1 N–H and O–H groups in total. The van der Waals surface area contributed by atoms with Crippen molar-refractivity contribution < 1.29 is 14.7 Å². The topological polar surface area (TPSA) is 60.9 Å². The van der Waals surface area contributed by atoms with Crippen LogP contribution in [-0.4, -0.2) is 52.1 Å². The molecule has 1 saturated heterocycles. The molecule has 0 spiro atoms. The molecule has 0 bridgehead atoms. The van der Waals surface area contributed by atoms with Crippen molar-refractivity contribution in [3.63, 3.8) is 0 Å². The zero-order valence-electron chi connectivity index (χ0n) is 11.8. The molecule has 1 heterocycles. The van der Waals surface area contributed by atoms with Crippen LogP contribution in [0.5, 0.6) is 0 Å². The molecule has 0 radical (unpaired) electrons. The normalized spacial score (nSPS) is 25.0. The van der Waals surface area contributed by atoms with Crippen molar-refractivity contribution in [2.45, 2.75) is 58.0 Å². The van der Waals surface area contributed by atoms with Gasteiger partial charge in [-0.05, 0) is 33.1 Å². The van der Waals surface area contributed by atoms with Crippen LogP contribution in [0, 0.1) is 0 Å². The predicted molar refractivity (Wildman–Crippen MR) is 69.5 cm³/mol. The molecule has 1 rings (SSSR count). The summed E-state index contributed by atoms with van der Waals surface area (Å²) in [4.78, 5) is 26.9. The average molecular weight is 256 g/mol. The number of hydrogen-bond acceptors (Lipinski definition) is 2. The Morgan fingerprint density at radius 1 is 1.50 bits per heavy atom. The second-order valence-corrected chi connectivity index (χ2v) is 5.37. The van der Waals surface area contributed by atoms with E-state index >= 15 is 0 Å². The molecule has 2 atom stereocenters. The molecular weight excluding hydrogens is 232 g/mol. The first-order valence-corrected chi connectivity index (χ1v) is 6.62. The summed E-state index contributed by atoms with van der Waals surface area (Å²) in [5.41, 5.74) is -1.04. The van der Waals surface area contributed by atoms with Gasteiger partial charge in [0.2, 0.25) is 0 Å². The van der Waals surface area contributed by atoms with Gasteiger partial charge in [0, 0.05) is 19.6 Å². The maximum atomic E-state index is 12.4. The highest BCUT2D eigenvalue weighted by molar-refractivity contribution is 5.86. The van der Waals surface area contributed by atoms with Gasteiger partial charge in [0.25, 0.3) is 0 Å². The summed E-state index contributed by atoms with van der Waals surface area (Å²) in [6, 6.07) is -0.0282. The highest BCUT2D eigenvalue weighted by Crippen LogP contribution is 2.30. The molecule has 0 saturated carbocycles. The quantitative estimate of drug-likeness (QED) is 0.838. The highest BCUT2D eigenvalue weighted by Gasteiger charge is 2.47. The maximum Gasteiger partial charge on any atom is 0.329 e. The molecule has 0 aliphatic carbocycles. The molecule has 5 nitrogen and oxygen atoms in total. The zero-order valence-corrected chi connectivity index (χ0v) is 11.8. The third-order valence-corrected chi connectivity index (χ3v) is 4.00. The van der Waals surface area contributed by atoms with Gasteiger partial charge in [-0.1, -0.05) is 13.3 Å². The van der Waals surface area contributed by atoms with Crippen molar-refractivity contribution in [3.05, 3.63) is 0 Å². The Morgan fingerprint density at radius 2 is 2.11 bits per heavy atom. The summed E-state index contributed by atoms with van der Waals surface area (Å²) in [7, 11) is 1.75. The smallest absolute Gasteiger partial charge is 0.329 e. The molecule has 0 aromatic heterocycles. The fraction of sp³-hybridized carbons (Fsp3) is 0.846. The van der Waals surface area contributed by atoms with Crippen LogP contribution < -0.4 is 0 Å². The molecular formula is C13H24N2O3. The van der Waals surface area contributed by atoms with Gasteiger partial charge in [-0.2, -0.15) is 0 Å².